The Morgan fingerprint density at radius 2 is 2.05 bits per heavy atom. The summed E-state index contributed by atoms with van der Waals surface area (Å²) in [5.41, 5.74) is 0.527. The minimum absolute atomic E-state index is 0.247. The summed E-state index contributed by atoms with van der Waals surface area (Å²) in [6, 6.07) is 5.18. The van der Waals surface area contributed by atoms with Crippen LogP contribution in [0.2, 0.25) is 5.02 Å². The highest BCUT2D eigenvalue weighted by atomic mass is 35.5. The van der Waals surface area contributed by atoms with E-state index in [1.807, 2.05) is 0 Å². The number of nitrogens with one attached hydrogen (secondary N) is 1. The molecule has 1 N–H and O–H groups in total. The molecule has 1 aromatic carbocycles. The molecule has 0 unspecified atom stereocenters. The van der Waals surface area contributed by atoms with Crippen LogP contribution in [0.4, 0.5) is 18.3 Å². The van der Waals surface area contributed by atoms with Crippen LogP contribution >= 0.6 is 34.3 Å². The maximum Gasteiger partial charge on any atom is 0.427 e. The highest BCUT2D eigenvalue weighted by Crippen LogP contribution is 2.34. The van der Waals surface area contributed by atoms with E-state index in [1.54, 1.807) is 18.2 Å². The predicted molar refractivity (Wildman–Crippen MR) is 79.7 cm³/mol. The standard InChI is InChI=1S/C12H5ClF3N3OS2/c13-5-2-1-3-6-8(5)18-11(21-6)19-9(20)10-17-4-7(22-10)12(14,15)16/h1-4H,(H,18,19,20). The van der Waals surface area contributed by atoms with E-state index < -0.39 is 17.0 Å². The van der Waals surface area contributed by atoms with Gasteiger partial charge in [-0.05, 0) is 12.1 Å². The molecule has 0 fully saturated rings. The van der Waals surface area contributed by atoms with E-state index in [2.05, 4.69) is 15.3 Å². The smallest absolute Gasteiger partial charge is 0.296 e. The molecule has 0 aliphatic rings. The molecule has 2 aromatic heterocycles. The first kappa shape index (κ1) is 15.2. The summed E-state index contributed by atoms with van der Waals surface area (Å²) in [4.78, 5) is 18.6. The highest BCUT2D eigenvalue weighted by molar-refractivity contribution is 7.22. The van der Waals surface area contributed by atoms with Crippen LogP contribution in [0.3, 0.4) is 0 Å². The average Bonchev–Trinajstić information content (AvgIpc) is 3.04. The molecule has 0 saturated heterocycles. The molecule has 0 aliphatic carbocycles. The van der Waals surface area contributed by atoms with E-state index in [0.29, 0.717) is 16.7 Å². The van der Waals surface area contributed by atoms with Crippen molar-refractivity contribution < 1.29 is 18.0 Å². The number of hydrogen-bond donors (Lipinski definition) is 1. The summed E-state index contributed by atoms with van der Waals surface area (Å²) in [6.07, 6.45) is -3.88. The molecule has 0 aliphatic heterocycles. The quantitative estimate of drug-likeness (QED) is 0.719. The van der Waals surface area contributed by atoms with Crippen LogP contribution in [-0.4, -0.2) is 15.9 Å². The topological polar surface area (TPSA) is 54.9 Å². The van der Waals surface area contributed by atoms with Crippen LogP contribution in [0, 0.1) is 0 Å². The number of carbonyl (C=O) groups is 1. The minimum atomic E-state index is -4.51. The number of aromatic nitrogens is 2. The Kier molecular flexibility index (Phi) is 3.79. The molecule has 0 atom stereocenters. The molecule has 114 valence electrons. The van der Waals surface area contributed by atoms with Gasteiger partial charge in [0, 0.05) is 0 Å². The molecular weight excluding hydrogens is 359 g/mol. The largest absolute Gasteiger partial charge is 0.427 e. The van der Waals surface area contributed by atoms with E-state index in [4.69, 9.17) is 11.6 Å². The Morgan fingerprint density at radius 1 is 1.27 bits per heavy atom. The van der Waals surface area contributed by atoms with Crippen LogP contribution in [0.15, 0.2) is 24.4 Å². The third kappa shape index (κ3) is 2.92. The van der Waals surface area contributed by atoms with Gasteiger partial charge in [-0.3, -0.25) is 10.1 Å². The number of para-hydroxylation sites is 1. The zero-order valence-electron chi connectivity index (χ0n) is 10.4. The lowest BCUT2D eigenvalue weighted by atomic mass is 10.3. The molecule has 3 rings (SSSR count). The summed E-state index contributed by atoms with van der Waals surface area (Å²) < 4.78 is 38.2. The van der Waals surface area contributed by atoms with Crippen molar-refractivity contribution in [2.75, 3.05) is 5.32 Å². The van der Waals surface area contributed by atoms with E-state index in [1.165, 1.54) is 11.3 Å². The lowest BCUT2D eigenvalue weighted by Gasteiger charge is -1.99. The molecule has 0 spiro atoms. The fourth-order valence-electron chi connectivity index (χ4n) is 1.63. The molecule has 0 saturated carbocycles. The molecule has 1 amide bonds. The zero-order valence-corrected chi connectivity index (χ0v) is 12.8. The van der Waals surface area contributed by atoms with Crippen molar-refractivity contribution in [3.63, 3.8) is 0 Å². The normalized spacial score (nSPS) is 11.8. The van der Waals surface area contributed by atoms with E-state index in [9.17, 15) is 18.0 Å². The van der Waals surface area contributed by atoms with Crippen LogP contribution < -0.4 is 5.32 Å². The lowest BCUT2D eigenvalue weighted by Crippen LogP contribution is -2.11. The van der Waals surface area contributed by atoms with Crippen molar-refractivity contribution in [1.82, 2.24) is 9.97 Å². The summed E-state index contributed by atoms with van der Waals surface area (Å²) in [6.45, 7) is 0. The van der Waals surface area contributed by atoms with Crippen molar-refractivity contribution in [3.8, 4) is 0 Å². The summed E-state index contributed by atoms with van der Waals surface area (Å²) >= 11 is 7.43. The summed E-state index contributed by atoms with van der Waals surface area (Å²) in [5.74, 6) is -0.740. The van der Waals surface area contributed by atoms with Crippen LogP contribution in [0.25, 0.3) is 10.2 Å². The molecule has 22 heavy (non-hydrogen) atoms. The van der Waals surface area contributed by atoms with Gasteiger partial charge in [0.05, 0.1) is 15.9 Å². The van der Waals surface area contributed by atoms with Gasteiger partial charge >= 0.3 is 6.18 Å². The number of thiazole rings is 2. The van der Waals surface area contributed by atoms with E-state index >= 15 is 0 Å². The average molecular weight is 364 g/mol. The Bertz CT molecular complexity index is 859. The lowest BCUT2D eigenvalue weighted by molar-refractivity contribution is -0.134. The maximum absolute atomic E-state index is 12.5. The molecule has 0 radical (unpaired) electrons. The Morgan fingerprint density at radius 3 is 2.68 bits per heavy atom. The molecular formula is C12H5ClF3N3OS2. The first-order valence-electron chi connectivity index (χ1n) is 5.74. The van der Waals surface area contributed by atoms with E-state index in [0.717, 1.165) is 4.70 Å². The Hall–Kier alpha value is -1.71. The highest BCUT2D eigenvalue weighted by Gasteiger charge is 2.34. The molecule has 3 aromatic rings. The minimum Gasteiger partial charge on any atom is -0.296 e. The fourth-order valence-corrected chi connectivity index (χ4v) is 3.47. The molecule has 10 heteroatoms. The van der Waals surface area contributed by atoms with Gasteiger partial charge in [-0.15, -0.1) is 11.3 Å². The Balaban J connectivity index is 1.84. The first-order chi connectivity index (χ1) is 10.3. The van der Waals surface area contributed by atoms with Gasteiger partial charge in [0.15, 0.2) is 10.1 Å². The van der Waals surface area contributed by atoms with Gasteiger partial charge in [0.2, 0.25) is 0 Å². The van der Waals surface area contributed by atoms with E-state index in [-0.39, 0.29) is 21.5 Å². The predicted octanol–water partition coefficient (Wildman–Crippen LogP) is 4.68. The number of halogens is 4. The number of fused-ring (bicyclic) bond motifs is 1. The molecule has 4 nitrogen and oxygen atoms in total. The number of benzene rings is 1. The summed E-state index contributed by atoms with van der Waals surface area (Å²) in [5, 5.41) is 2.83. The van der Waals surface area contributed by atoms with Crippen molar-refractivity contribution in [1.29, 1.82) is 0 Å². The van der Waals surface area contributed by atoms with Gasteiger partial charge in [-0.2, -0.15) is 13.2 Å². The third-order valence-electron chi connectivity index (χ3n) is 2.57. The Labute approximate surface area is 134 Å². The molecule has 2 heterocycles. The van der Waals surface area contributed by atoms with Gasteiger partial charge in [0.25, 0.3) is 5.91 Å². The number of hydrogen-bond acceptors (Lipinski definition) is 5. The number of rotatable bonds is 2. The van der Waals surface area contributed by atoms with Gasteiger partial charge < -0.3 is 0 Å². The number of amides is 1. The number of anilines is 1. The number of carbonyl (C=O) groups excluding carboxylic acids is 1. The maximum atomic E-state index is 12.5. The van der Waals surface area contributed by atoms with Crippen LogP contribution in [0.1, 0.15) is 14.7 Å². The third-order valence-corrected chi connectivity index (χ3v) is 4.85. The second-order valence-corrected chi connectivity index (χ2v) is 6.56. The second-order valence-electron chi connectivity index (χ2n) is 4.09. The van der Waals surface area contributed by atoms with Crippen LogP contribution in [0.5, 0.6) is 0 Å². The number of alkyl halides is 3. The van der Waals surface area contributed by atoms with Crippen LogP contribution in [-0.2, 0) is 6.18 Å². The molecule has 0 bridgehead atoms. The summed E-state index contributed by atoms with van der Waals surface area (Å²) in [7, 11) is 0. The van der Waals surface area contributed by atoms with Gasteiger partial charge in [0.1, 0.15) is 10.4 Å². The van der Waals surface area contributed by atoms with Gasteiger partial charge in [-0.25, -0.2) is 9.97 Å². The van der Waals surface area contributed by atoms with Crippen molar-refractivity contribution in [3.05, 3.63) is 39.3 Å². The first-order valence-corrected chi connectivity index (χ1v) is 7.75. The van der Waals surface area contributed by atoms with Crippen molar-refractivity contribution >= 4 is 55.5 Å². The van der Waals surface area contributed by atoms with Crippen molar-refractivity contribution in [2.24, 2.45) is 0 Å². The second kappa shape index (κ2) is 5.49. The van der Waals surface area contributed by atoms with Crippen molar-refractivity contribution in [2.45, 2.75) is 6.18 Å². The van der Waals surface area contributed by atoms with Gasteiger partial charge in [-0.1, -0.05) is 29.0 Å². The SMILES string of the molecule is O=C(Nc1nc2c(Cl)cccc2s1)c1ncc(C(F)(F)F)s1. The monoisotopic (exact) mass is 363 g/mol. The fraction of sp³-hybridized carbons (Fsp3) is 0.0833. The number of nitrogens with zero attached hydrogens (tertiary/aromatic N) is 2. The zero-order chi connectivity index (χ0) is 15.9.